The lowest BCUT2D eigenvalue weighted by Gasteiger charge is -2.14. The van der Waals surface area contributed by atoms with Crippen LogP contribution in [0.25, 0.3) is 10.9 Å². The van der Waals surface area contributed by atoms with Crippen LogP contribution in [0.5, 0.6) is 0 Å². The zero-order valence-electron chi connectivity index (χ0n) is 12.6. The maximum atomic E-state index is 12.9. The number of likely N-dealkylation sites (N-methyl/N-ethyl adjacent to an activating group) is 1. The van der Waals surface area contributed by atoms with E-state index < -0.39 is 5.92 Å². The van der Waals surface area contributed by atoms with E-state index >= 15 is 0 Å². The number of nitroso groups, excluding NO2 is 1. The number of amides is 1. The number of aromatic nitrogens is 1. The maximum absolute atomic E-state index is 12.9. The molecule has 5 heteroatoms. The number of carbonyl (C=O) groups excluding carboxylic acids is 1. The number of hydrogen-bond acceptors (Lipinski definition) is 3. The van der Waals surface area contributed by atoms with Crippen LogP contribution in [-0.2, 0) is 4.79 Å². The number of H-pyrrole nitrogens is 1. The third-order valence-electron chi connectivity index (χ3n) is 4.45. The van der Waals surface area contributed by atoms with E-state index in [1.54, 1.807) is 4.90 Å². The van der Waals surface area contributed by atoms with Crippen molar-refractivity contribution in [3.63, 3.8) is 0 Å². The molecule has 0 bridgehead atoms. The fourth-order valence-corrected chi connectivity index (χ4v) is 3.45. The Morgan fingerprint density at radius 2 is 1.87 bits per heavy atom. The van der Waals surface area contributed by atoms with Gasteiger partial charge in [0.1, 0.15) is 11.6 Å². The van der Waals surface area contributed by atoms with E-state index in [1.807, 2.05) is 55.5 Å². The summed E-state index contributed by atoms with van der Waals surface area (Å²) in [6.07, 6.45) is 0. The highest BCUT2D eigenvalue weighted by Gasteiger charge is 2.40. The van der Waals surface area contributed by atoms with Gasteiger partial charge in [0.05, 0.1) is 5.69 Å². The molecule has 2 aromatic carbocycles. The highest BCUT2D eigenvalue weighted by atomic mass is 16.3. The minimum absolute atomic E-state index is 0.0230. The summed E-state index contributed by atoms with van der Waals surface area (Å²) >= 11 is 0. The molecule has 114 valence electrons. The van der Waals surface area contributed by atoms with E-state index in [4.69, 9.17) is 0 Å². The Labute approximate surface area is 132 Å². The zero-order valence-corrected chi connectivity index (χ0v) is 12.6. The summed E-state index contributed by atoms with van der Waals surface area (Å²) in [5, 5.41) is 3.96. The van der Waals surface area contributed by atoms with Crippen LogP contribution in [0, 0.1) is 4.91 Å². The monoisotopic (exact) mass is 305 g/mol. The van der Waals surface area contributed by atoms with Crippen LogP contribution in [0.2, 0.25) is 0 Å². The first-order valence-corrected chi connectivity index (χ1v) is 7.60. The number of fused-ring (bicyclic) bond motifs is 2. The van der Waals surface area contributed by atoms with Crippen LogP contribution < -0.4 is 4.90 Å². The Morgan fingerprint density at radius 3 is 2.65 bits per heavy atom. The lowest BCUT2D eigenvalue weighted by molar-refractivity contribution is -0.118. The Kier molecular flexibility index (Phi) is 3.01. The van der Waals surface area contributed by atoms with Crippen LogP contribution in [0.1, 0.15) is 24.1 Å². The predicted octanol–water partition coefficient (Wildman–Crippen LogP) is 4.06. The number of para-hydroxylation sites is 2. The number of carbonyl (C=O) groups is 1. The summed E-state index contributed by atoms with van der Waals surface area (Å²) in [6, 6.07) is 15.2. The van der Waals surface area contributed by atoms with Crippen LogP contribution in [0.4, 0.5) is 11.4 Å². The number of rotatable bonds is 3. The Hall–Kier alpha value is -2.95. The van der Waals surface area contributed by atoms with E-state index in [2.05, 4.69) is 10.2 Å². The van der Waals surface area contributed by atoms with Crippen molar-refractivity contribution >= 4 is 28.2 Å². The Bertz CT molecular complexity index is 929. The summed E-state index contributed by atoms with van der Waals surface area (Å²) in [6.45, 7) is 2.54. The average molecular weight is 305 g/mol. The molecule has 1 unspecified atom stereocenters. The van der Waals surface area contributed by atoms with Gasteiger partial charge in [0, 0.05) is 23.1 Å². The molecule has 0 aliphatic carbocycles. The molecule has 5 nitrogen and oxygen atoms in total. The average Bonchev–Trinajstić information content (AvgIpc) is 3.08. The summed E-state index contributed by atoms with van der Waals surface area (Å²) in [5.74, 6) is -0.531. The highest BCUT2D eigenvalue weighted by Crippen LogP contribution is 2.45. The molecule has 1 N–H and O–H groups in total. The van der Waals surface area contributed by atoms with Crippen LogP contribution >= 0.6 is 0 Å². The molecule has 1 amide bonds. The first kappa shape index (κ1) is 13.7. The SMILES string of the molecule is CCN1C(=O)C(c2[nH]c3ccccc3c2N=O)c2ccccc21. The number of hydrogen-bond donors (Lipinski definition) is 1. The molecule has 4 rings (SSSR count). The molecule has 0 saturated carbocycles. The zero-order chi connectivity index (χ0) is 16.0. The third kappa shape index (κ3) is 1.83. The van der Waals surface area contributed by atoms with Crippen molar-refractivity contribution in [2.75, 3.05) is 11.4 Å². The van der Waals surface area contributed by atoms with Gasteiger partial charge < -0.3 is 9.88 Å². The van der Waals surface area contributed by atoms with Crippen molar-refractivity contribution in [1.29, 1.82) is 0 Å². The van der Waals surface area contributed by atoms with Crippen molar-refractivity contribution in [2.24, 2.45) is 5.18 Å². The van der Waals surface area contributed by atoms with Crippen molar-refractivity contribution in [1.82, 2.24) is 4.98 Å². The van der Waals surface area contributed by atoms with Crippen LogP contribution in [0.3, 0.4) is 0 Å². The summed E-state index contributed by atoms with van der Waals surface area (Å²) in [4.78, 5) is 29.3. The van der Waals surface area contributed by atoms with Gasteiger partial charge in [0.15, 0.2) is 0 Å². The standard InChI is InChI=1S/C18H15N3O2/c1-2-21-14-10-6-4-8-12(14)15(18(21)22)17-16(20-23)11-7-3-5-9-13(11)19-17/h3-10,15,19H,2H2,1H3. The minimum atomic E-state index is -0.508. The topological polar surface area (TPSA) is 65.5 Å². The molecule has 1 aliphatic heterocycles. The molecule has 2 heterocycles. The summed E-state index contributed by atoms with van der Waals surface area (Å²) in [5.41, 5.74) is 3.54. The second-order valence-corrected chi connectivity index (χ2v) is 5.60. The van der Waals surface area contributed by atoms with Gasteiger partial charge in [0.2, 0.25) is 5.91 Å². The molecule has 1 aliphatic rings. The summed E-state index contributed by atoms with van der Waals surface area (Å²) in [7, 11) is 0. The molecule has 0 radical (unpaired) electrons. The maximum Gasteiger partial charge on any atom is 0.240 e. The van der Waals surface area contributed by atoms with Gasteiger partial charge in [-0.3, -0.25) is 4.79 Å². The first-order valence-electron chi connectivity index (χ1n) is 7.60. The Morgan fingerprint density at radius 1 is 1.13 bits per heavy atom. The van der Waals surface area contributed by atoms with Gasteiger partial charge in [-0.2, -0.15) is 0 Å². The number of anilines is 1. The molecule has 0 fully saturated rings. The van der Waals surface area contributed by atoms with Crippen molar-refractivity contribution in [2.45, 2.75) is 12.8 Å². The van der Waals surface area contributed by atoms with E-state index in [9.17, 15) is 9.70 Å². The van der Waals surface area contributed by atoms with Gasteiger partial charge in [-0.1, -0.05) is 36.4 Å². The first-order chi connectivity index (χ1) is 11.3. The molecule has 0 saturated heterocycles. The third-order valence-corrected chi connectivity index (χ3v) is 4.45. The second kappa shape index (κ2) is 5.05. The van der Waals surface area contributed by atoms with E-state index in [0.29, 0.717) is 17.9 Å². The molecule has 1 aromatic heterocycles. The van der Waals surface area contributed by atoms with Crippen molar-refractivity contribution in [3.05, 3.63) is 64.7 Å². The fourth-order valence-electron chi connectivity index (χ4n) is 3.45. The predicted molar refractivity (Wildman–Crippen MR) is 90.1 cm³/mol. The normalized spacial score (nSPS) is 16.8. The lowest BCUT2D eigenvalue weighted by Crippen LogP contribution is -2.28. The fraction of sp³-hybridized carbons (Fsp3) is 0.167. The van der Waals surface area contributed by atoms with Gasteiger partial charge in [-0.05, 0) is 29.8 Å². The van der Waals surface area contributed by atoms with Gasteiger partial charge in [-0.25, -0.2) is 0 Å². The van der Waals surface area contributed by atoms with Crippen molar-refractivity contribution in [3.8, 4) is 0 Å². The lowest BCUT2D eigenvalue weighted by atomic mass is 9.96. The minimum Gasteiger partial charge on any atom is -0.356 e. The van der Waals surface area contributed by atoms with Crippen LogP contribution in [-0.4, -0.2) is 17.4 Å². The van der Waals surface area contributed by atoms with E-state index in [-0.39, 0.29) is 5.91 Å². The van der Waals surface area contributed by atoms with E-state index in [0.717, 1.165) is 22.2 Å². The smallest absolute Gasteiger partial charge is 0.240 e. The van der Waals surface area contributed by atoms with Gasteiger partial charge in [-0.15, -0.1) is 4.91 Å². The second-order valence-electron chi connectivity index (χ2n) is 5.60. The number of aromatic amines is 1. The molecule has 23 heavy (non-hydrogen) atoms. The molecular weight excluding hydrogens is 290 g/mol. The highest BCUT2D eigenvalue weighted by molar-refractivity contribution is 6.09. The van der Waals surface area contributed by atoms with E-state index in [1.165, 1.54) is 0 Å². The summed E-state index contributed by atoms with van der Waals surface area (Å²) < 4.78 is 0. The van der Waals surface area contributed by atoms with Crippen LogP contribution in [0.15, 0.2) is 53.7 Å². The number of nitrogens with zero attached hydrogens (tertiary/aromatic N) is 2. The van der Waals surface area contributed by atoms with Crippen molar-refractivity contribution < 1.29 is 4.79 Å². The number of benzene rings is 2. The Balaban J connectivity index is 1.98. The van der Waals surface area contributed by atoms with Gasteiger partial charge in [0.25, 0.3) is 0 Å². The molecular formula is C18H15N3O2. The largest absolute Gasteiger partial charge is 0.356 e. The molecule has 1 atom stereocenters. The molecule has 0 spiro atoms. The van der Waals surface area contributed by atoms with Gasteiger partial charge >= 0.3 is 0 Å². The number of nitrogens with one attached hydrogen (secondary N) is 1. The molecule has 3 aromatic rings. The quantitative estimate of drug-likeness (QED) is 0.741.